The summed E-state index contributed by atoms with van der Waals surface area (Å²) in [6.07, 6.45) is 3.76. The Labute approximate surface area is 121 Å². The Morgan fingerprint density at radius 2 is 1.65 bits per heavy atom. The van der Waals surface area contributed by atoms with Crippen LogP contribution in [0.5, 0.6) is 0 Å². The molecule has 0 atom stereocenters. The molecule has 0 saturated carbocycles. The van der Waals surface area contributed by atoms with E-state index in [-0.39, 0.29) is 5.41 Å². The molecule has 1 aliphatic rings. The molecule has 0 unspecified atom stereocenters. The Kier molecular flexibility index (Phi) is 4.45. The molecule has 0 aliphatic carbocycles. The molecular formula is C14H26N6. The van der Waals surface area contributed by atoms with Crippen molar-refractivity contribution in [1.82, 2.24) is 15.0 Å². The van der Waals surface area contributed by atoms with Gasteiger partial charge in [-0.3, -0.25) is 0 Å². The molecule has 2 heterocycles. The van der Waals surface area contributed by atoms with Gasteiger partial charge in [-0.05, 0) is 19.8 Å². The first-order valence-electron chi connectivity index (χ1n) is 7.29. The van der Waals surface area contributed by atoms with Crippen molar-refractivity contribution in [2.75, 3.05) is 23.9 Å². The molecule has 1 fully saturated rings. The van der Waals surface area contributed by atoms with Crippen molar-refractivity contribution in [2.45, 2.75) is 52.4 Å². The Bertz CT molecular complexity index is 459. The van der Waals surface area contributed by atoms with Crippen LogP contribution in [0.3, 0.4) is 0 Å². The number of hydrogen-bond donors (Lipinski definition) is 3. The molecule has 6 heteroatoms. The minimum Gasteiger partial charge on any atom is -0.308 e. The third kappa shape index (κ3) is 3.37. The maximum atomic E-state index is 5.58. The summed E-state index contributed by atoms with van der Waals surface area (Å²) >= 11 is 0. The Hall–Kier alpha value is -1.40. The molecule has 0 amide bonds. The number of rotatable bonds is 3. The van der Waals surface area contributed by atoms with Crippen LogP contribution in [0.25, 0.3) is 0 Å². The van der Waals surface area contributed by atoms with Crippen LogP contribution in [0, 0.1) is 6.92 Å². The molecule has 112 valence electrons. The van der Waals surface area contributed by atoms with Gasteiger partial charge < -0.3 is 10.9 Å². The number of nitrogens with one attached hydrogen (secondary N) is 2. The fourth-order valence-corrected chi connectivity index (χ4v) is 2.26. The second-order valence-electron chi connectivity index (χ2n) is 6.42. The number of hydrogen-bond acceptors (Lipinski definition) is 6. The lowest BCUT2D eigenvalue weighted by atomic mass is 9.95. The van der Waals surface area contributed by atoms with Gasteiger partial charge in [0.15, 0.2) is 0 Å². The van der Waals surface area contributed by atoms with Crippen LogP contribution in [0.15, 0.2) is 0 Å². The van der Waals surface area contributed by atoms with Gasteiger partial charge >= 0.3 is 0 Å². The zero-order valence-corrected chi connectivity index (χ0v) is 13.0. The van der Waals surface area contributed by atoms with Crippen LogP contribution in [-0.2, 0) is 5.41 Å². The molecule has 6 nitrogen and oxygen atoms in total. The summed E-state index contributed by atoms with van der Waals surface area (Å²) in [5.41, 5.74) is 6.94. The quantitative estimate of drug-likeness (QED) is 0.581. The average molecular weight is 278 g/mol. The smallest absolute Gasteiger partial charge is 0.149 e. The zero-order valence-electron chi connectivity index (χ0n) is 13.0. The van der Waals surface area contributed by atoms with Crippen LogP contribution in [0.4, 0.5) is 11.6 Å². The Morgan fingerprint density at radius 3 is 2.20 bits per heavy atom. The summed E-state index contributed by atoms with van der Waals surface area (Å²) in [5, 5.41) is 2.23. The highest BCUT2D eigenvalue weighted by Gasteiger charge is 2.22. The van der Waals surface area contributed by atoms with Crippen molar-refractivity contribution < 1.29 is 0 Å². The van der Waals surface area contributed by atoms with Gasteiger partial charge in [0.25, 0.3) is 0 Å². The molecule has 0 aromatic carbocycles. The first kappa shape index (κ1) is 15.0. The number of aromatic nitrogens is 2. The third-order valence-electron chi connectivity index (χ3n) is 3.57. The predicted molar refractivity (Wildman–Crippen MR) is 82.3 cm³/mol. The summed E-state index contributed by atoms with van der Waals surface area (Å²) in [4.78, 5) is 9.20. The van der Waals surface area contributed by atoms with Crippen molar-refractivity contribution in [3.63, 3.8) is 0 Å². The highest BCUT2D eigenvalue weighted by molar-refractivity contribution is 5.56. The van der Waals surface area contributed by atoms with Crippen molar-refractivity contribution in [3.8, 4) is 0 Å². The van der Waals surface area contributed by atoms with Gasteiger partial charge in [0.1, 0.15) is 17.5 Å². The minimum absolute atomic E-state index is 0.113. The highest BCUT2D eigenvalue weighted by atomic mass is 15.5. The Balaban J connectivity index is 2.30. The molecule has 2 rings (SSSR count). The number of nitrogens with zero attached hydrogens (tertiary/aromatic N) is 3. The van der Waals surface area contributed by atoms with Gasteiger partial charge in [-0.15, -0.1) is 0 Å². The third-order valence-corrected chi connectivity index (χ3v) is 3.57. The lowest BCUT2D eigenvalue weighted by Crippen LogP contribution is -2.36. The second kappa shape index (κ2) is 5.93. The Morgan fingerprint density at radius 1 is 1.05 bits per heavy atom. The first-order valence-corrected chi connectivity index (χ1v) is 7.29. The van der Waals surface area contributed by atoms with Crippen LogP contribution in [0.1, 0.15) is 51.4 Å². The van der Waals surface area contributed by atoms with E-state index >= 15 is 0 Å². The predicted octanol–water partition coefficient (Wildman–Crippen LogP) is 2.18. The van der Waals surface area contributed by atoms with Crippen LogP contribution < -0.4 is 16.7 Å². The van der Waals surface area contributed by atoms with E-state index in [1.165, 1.54) is 19.3 Å². The molecule has 20 heavy (non-hydrogen) atoms. The van der Waals surface area contributed by atoms with Crippen molar-refractivity contribution in [1.29, 1.82) is 0 Å². The monoisotopic (exact) mass is 278 g/mol. The first-order chi connectivity index (χ1) is 9.41. The summed E-state index contributed by atoms with van der Waals surface area (Å²) < 4.78 is 0. The van der Waals surface area contributed by atoms with E-state index < -0.39 is 0 Å². The maximum Gasteiger partial charge on any atom is 0.149 e. The van der Waals surface area contributed by atoms with E-state index in [4.69, 9.17) is 5.84 Å². The van der Waals surface area contributed by atoms with Crippen LogP contribution in [0.2, 0.25) is 0 Å². The van der Waals surface area contributed by atoms with Gasteiger partial charge in [0, 0.05) is 24.1 Å². The standard InChI is InChI=1S/C14H26N6/c1-10-11(18-15)16-13(14(2,3)4)17-12(10)19-20-8-6-5-7-9-20/h5-9,15H2,1-4H3,(H2,16,17,18,19). The maximum absolute atomic E-state index is 5.58. The number of anilines is 2. The summed E-state index contributed by atoms with van der Waals surface area (Å²) in [6, 6.07) is 0. The molecule has 0 radical (unpaired) electrons. The number of nitrogen functional groups attached to an aromatic ring is 1. The van der Waals surface area contributed by atoms with E-state index in [0.717, 1.165) is 30.3 Å². The van der Waals surface area contributed by atoms with Gasteiger partial charge in [0.2, 0.25) is 0 Å². The summed E-state index contributed by atoms with van der Waals surface area (Å²) in [7, 11) is 0. The minimum atomic E-state index is -0.113. The molecular weight excluding hydrogens is 252 g/mol. The second-order valence-corrected chi connectivity index (χ2v) is 6.42. The van der Waals surface area contributed by atoms with Crippen molar-refractivity contribution in [2.24, 2.45) is 5.84 Å². The number of hydrazine groups is 2. The van der Waals surface area contributed by atoms with E-state index in [0.29, 0.717) is 5.82 Å². The van der Waals surface area contributed by atoms with Crippen molar-refractivity contribution in [3.05, 3.63) is 11.4 Å². The van der Waals surface area contributed by atoms with E-state index in [2.05, 4.69) is 46.6 Å². The fraction of sp³-hybridized carbons (Fsp3) is 0.714. The van der Waals surface area contributed by atoms with E-state index in [1.807, 2.05) is 6.92 Å². The van der Waals surface area contributed by atoms with Gasteiger partial charge in [-0.1, -0.05) is 27.2 Å². The molecule has 0 spiro atoms. The molecule has 4 N–H and O–H groups in total. The summed E-state index contributed by atoms with van der Waals surface area (Å²) in [5.74, 6) is 7.90. The topological polar surface area (TPSA) is 79.1 Å². The van der Waals surface area contributed by atoms with Crippen LogP contribution >= 0.6 is 0 Å². The molecule has 1 saturated heterocycles. The lowest BCUT2D eigenvalue weighted by Gasteiger charge is -2.29. The van der Waals surface area contributed by atoms with Gasteiger partial charge in [-0.25, -0.2) is 20.8 Å². The molecule has 1 aromatic rings. The lowest BCUT2D eigenvalue weighted by molar-refractivity contribution is 0.271. The highest BCUT2D eigenvalue weighted by Crippen LogP contribution is 2.26. The van der Waals surface area contributed by atoms with Crippen molar-refractivity contribution >= 4 is 11.6 Å². The number of piperidine rings is 1. The SMILES string of the molecule is Cc1c(NN)nc(C(C)(C)C)nc1NN1CCCCC1. The largest absolute Gasteiger partial charge is 0.308 e. The van der Waals surface area contributed by atoms with E-state index in [1.54, 1.807) is 0 Å². The fourth-order valence-electron chi connectivity index (χ4n) is 2.26. The normalized spacial score (nSPS) is 17.1. The molecule has 0 bridgehead atoms. The summed E-state index contributed by atoms with van der Waals surface area (Å²) in [6.45, 7) is 10.4. The van der Waals surface area contributed by atoms with Crippen LogP contribution in [-0.4, -0.2) is 28.1 Å². The molecule has 1 aromatic heterocycles. The number of nitrogens with two attached hydrogens (primary N) is 1. The van der Waals surface area contributed by atoms with E-state index in [9.17, 15) is 0 Å². The molecule has 1 aliphatic heterocycles. The van der Waals surface area contributed by atoms with Gasteiger partial charge in [-0.2, -0.15) is 0 Å². The average Bonchev–Trinajstić information content (AvgIpc) is 2.41. The zero-order chi connectivity index (χ0) is 14.8. The van der Waals surface area contributed by atoms with Gasteiger partial charge in [0.05, 0.1) is 0 Å².